The Morgan fingerprint density at radius 1 is 1.00 bits per heavy atom. The molecule has 0 aliphatic heterocycles. The van der Waals surface area contributed by atoms with Crippen LogP contribution in [0.5, 0.6) is 5.75 Å². The van der Waals surface area contributed by atoms with Gasteiger partial charge in [-0.05, 0) is 60.6 Å². The van der Waals surface area contributed by atoms with Crippen LogP contribution in [0.2, 0.25) is 0 Å². The van der Waals surface area contributed by atoms with E-state index in [1.54, 1.807) is 0 Å². The third kappa shape index (κ3) is 10.5. The van der Waals surface area contributed by atoms with Crippen LogP contribution in [0, 0.1) is 10.8 Å². The van der Waals surface area contributed by atoms with Crippen molar-refractivity contribution in [3.05, 3.63) is 29.8 Å². The molecular weight excluding hydrogens is 416 g/mol. The molecule has 0 saturated heterocycles. The summed E-state index contributed by atoms with van der Waals surface area (Å²) in [6.45, 7) is 9.08. The maximum absolute atomic E-state index is 12.4. The number of aryl methyl sites for hydroxylation is 1. The molecule has 2 atom stereocenters. The molecule has 0 bridgehead atoms. The number of carbonyl (C=O) groups excluding carboxylic acids is 1. The zero-order chi connectivity index (χ0) is 24.3. The molecule has 186 valence electrons. The maximum Gasteiger partial charge on any atom is 0.412 e. The van der Waals surface area contributed by atoms with Crippen molar-refractivity contribution in [3.8, 4) is 5.75 Å². The summed E-state index contributed by atoms with van der Waals surface area (Å²) < 4.78 is 5.47. The molecule has 0 heterocycles. The molecule has 2 unspecified atom stereocenters. The highest BCUT2D eigenvalue weighted by Crippen LogP contribution is 2.45. The van der Waals surface area contributed by atoms with Crippen molar-refractivity contribution in [1.82, 2.24) is 10.6 Å². The molecule has 1 aliphatic rings. The lowest BCUT2D eigenvalue weighted by Gasteiger charge is -2.46. The average Bonchev–Trinajstić information content (AvgIpc) is 2.71. The minimum absolute atomic E-state index is 0.00294. The summed E-state index contributed by atoms with van der Waals surface area (Å²) in [5.41, 5.74) is 1.07. The van der Waals surface area contributed by atoms with Crippen molar-refractivity contribution >= 4 is 12.2 Å². The summed E-state index contributed by atoms with van der Waals surface area (Å²) in [4.78, 5) is 23.5. The Balaban J connectivity index is 1.74. The van der Waals surface area contributed by atoms with E-state index in [-0.39, 0.29) is 16.9 Å². The molecule has 3 N–H and O–H groups in total. The SMILES string of the molecule is CCCCCCCCCc1ccc(OC(=O)NCC2(C)CC(NC(=O)O)CC(C)(C)C2)cc1. The molecule has 0 aromatic heterocycles. The maximum atomic E-state index is 12.4. The summed E-state index contributed by atoms with van der Waals surface area (Å²) in [5.74, 6) is 0.537. The Kier molecular flexibility index (Phi) is 10.5. The van der Waals surface area contributed by atoms with Gasteiger partial charge in [-0.25, -0.2) is 9.59 Å². The van der Waals surface area contributed by atoms with E-state index in [9.17, 15) is 9.59 Å². The molecule has 1 fully saturated rings. The number of hydrogen-bond acceptors (Lipinski definition) is 3. The first-order valence-electron chi connectivity index (χ1n) is 12.6. The molecule has 1 saturated carbocycles. The minimum atomic E-state index is -0.997. The Morgan fingerprint density at radius 3 is 2.27 bits per heavy atom. The Hall–Kier alpha value is -2.24. The van der Waals surface area contributed by atoms with Gasteiger partial charge in [0.2, 0.25) is 0 Å². The fourth-order valence-electron chi connectivity index (χ4n) is 5.48. The second-order valence-electron chi connectivity index (χ2n) is 11.0. The van der Waals surface area contributed by atoms with Gasteiger partial charge < -0.3 is 20.5 Å². The average molecular weight is 461 g/mol. The first kappa shape index (κ1) is 27.0. The van der Waals surface area contributed by atoms with Gasteiger partial charge in [-0.3, -0.25) is 0 Å². The molecular formula is C27H44N2O4. The topological polar surface area (TPSA) is 87.7 Å². The van der Waals surface area contributed by atoms with Crippen molar-refractivity contribution < 1.29 is 19.4 Å². The van der Waals surface area contributed by atoms with Gasteiger partial charge in [-0.15, -0.1) is 0 Å². The fourth-order valence-corrected chi connectivity index (χ4v) is 5.48. The molecule has 0 radical (unpaired) electrons. The lowest BCUT2D eigenvalue weighted by molar-refractivity contribution is 0.0695. The van der Waals surface area contributed by atoms with Crippen molar-refractivity contribution in [2.24, 2.45) is 10.8 Å². The number of benzene rings is 1. The third-order valence-electron chi connectivity index (χ3n) is 6.63. The van der Waals surface area contributed by atoms with Gasteiger partial charge in [0.1, 0.15) is 5.75 Å². The number of carboxylic acid groups (broad SMARTS) is 1. The first-order chi connectivity index (χ1) is 15.6. The molecule has 6 nitrogen and oxygen atoms in total. The fraction of sp³-hybridized carbons (Fsp3) is 0.704. The van der Waals surface area contributed by atoms with E-state index < -0.39 is 12.2 Å². The second kappa shape index (κ2) is 12.9. The van der Waals surface area contributed by atoms with Crippen LogP contribution >= 0.6 is 0 Å². The van der Waals surface area contributed by atoms with Gasteiger partial charge in [0.15, 0.2) is 0 Å². The van der Waals surface area contributed by atoms with Crippen molar-refractivity contribution in [3.63, 3.8) is 0 Å². The number of ether oxygens (including phenoxy) is 1. The van der Waals surface area contributed by atoms with Gasteiger partial charge in [-0.2, -0.15) is 0 Å². The number of rotatable bonds is 12. The summed E-state index contributed by atoms with van der Waals surface area (Å²) in [6.07, 6.45) is 11.1. The monoisotopic (exact) mass is 460 g/mol. The molecule has 1 aliphatic carbocycles. The highest BCUT2D eigenvalue weighted by atomic mass is 16.6. The Morgan fingerprint density at radius 2 is 1.64 bits per heavy atom. The molecule has 2 amide bonds. The van der Waals surface area contributed by atoms with Crippen LogP contribution < -0.4 is 15.4 Å². The van der Waals surface area contributed by atoms with Crippen molar-refractivity contribution in [1.29, 1.82) is 0 Å². The standard InChI is InChI=1S/C27H44N2O4/c1-5-6-7-8-9-10-11-12-21-13-15-23(16-14-21)33-25(32)28-20-27(4)18-22(29-24(30)31)17-26(2,3)19-27/h13-16,22,29H,5-12,17-20H2,1-4H3,(H,28,32)(H,30,31). The molecule has 6 heteroatoms. The van der Waals surface area contributed by atoms with Gasteiger partial charge in [0.05, 0.1) is 0 Å². The van der Waals surface area contributed by atoms with E-state index in [4.69, 9.17) is 9.84 Å². The summed E-state index contributed by atoms with van der Waals surface area (Å²) in [5, 5.41) is 14.6. The molecule has 33 heavy (non-hydrogen) atoms. The molecule has 0 spiro atoms. The highest BCUT2D eigenvalue weighted by Gasteiger charge is 2.42. The number of amides is 2. The largest absolute Gasteiger partial charge is 0.465 e. The zero-order valence-electron chi connectivity index (χ0n) is 21.0. The predicted octanol–water partition coefficient (Wildman–Crippen LogP) is 6.92. The smallest absolute Gasteiger partial charge is 0.412 e. The van der Waals surface area contributed by atoms with Crippen LogP contribution in [0.15, 0.2) is 24.3 Å². The number of nitrogens with one attached hydrogen (secondary N) is 2. The van der Waals surface area contributed by atoms with Crippen LogP contribution in [0.4, 0.5) is 9.59 Å². The molecule has 1 aromatic rings. The minimum Gasteiger partial charge on any atom is -0.465 e. The Labute approximate surface area is 199 Å². The highest BCUT2D eigenvalue weighted by molar-refractivity contribution is 5.70. The lowest BCUT2D eigenvalue weighted by Crippen LogP contribution is -2.50. The van der Waals surface area contributed by atoms with Gasteiger partial charge in [0, 0.05) is 12.6 Å². The van der Waals surface area contributed by atoms with Gasteiger partial charge in [-0.1, -0.05) is 78.4 Å². The van der Waals surface area contributed by atoms with Gasteiger partial charge in [0.25, 0.3) is 0 Å². The normalized spacial score (nSPS) is 21.9. The Bertz CT molecular complexity index is 747. The van der Waals surface area contributed by atoms with Crippen molar-refractivity contribution in [2.45, 2.75) is 104 Å². The van der Waals surface area contributed by atoms with Crippen LogP contribution in [-0.4, -0.2) is 29.9 Å². The second-order valence-corrected chi connectivity index (χ2v) is 11.0. The van der Waals surface area contributed by atoms with E-state index in [1.165, 1.54) is 50.5 Å². The summed E-state index contributed by atoms with van der Waals surface area (Å²) in [7, 11) is 0. The van der Waals surface area contributed by atoms with Crippen LogP contribution in [0.1, 0.15) is 97.5 Å². The van der Waals surface area contributed by atoms with Crippen LogP contribution in [0.25, 0.3) is 0 Å². The zero-order valence-corrected chi connectivity index (χ0v) is 21.0. The third-order valence-corrected chi connectivity index (χ3v) is 6.63. The van der Waals surface area contributed by atoms with E-state index >= 15 is 0 Å². The van der Waals surface area contributed by atoms with E-state index in [1.807, 2.05) is 24.3 Å². The van der Waals surface area contributed by atoms with Gasteiger partial charge >= 0.3 is 12.2 Å². The summed E-state index contributed by atoms with van der Waals surface area (Å²) in [6, 6.07) is 7.67. The molecule has 1 aromatic carbocycles. The van der Waals surface area contributed by atoms with Crippen LogP contribution in [-0.2, 0) is 6.42 Å². The number of hydrogen-bond donors (Lipinski definition) is 3. The number of carbonyl (C=O) groups is 2. The van der Waals surface area contributed by atoms with Crippen molar-refractivity contribution in [2.75, 3.05) is 6.54 Å². The van der Waals surface area contributed by atoms with E-state index in [0.29, 0.717) is 18.7 Å². The molecule has 2 rings (SSSR count). The van der Waals surface area contributed by atoms with E-state index in [0.717, 1.165) is 19.3 Å². The first-order valence-corrected chi connectivity index (χ1v) is 12.6. The predicted molar refractivity (Wildman–Crippen MR) is 133 cm³/mol. The number of unbranched alkanes of at least 4 members (excludes halogenated alkanes) is 6. The van der Waals surface area contributed by atoms with Crippen LogP contribution in [0.3, 0.4) is 0 Å². The summed E-state index contributed by atoms with van der Waals surface area (Å²) >= 11 is 0. The van der Waals surface area contributed by atoms with E-state index in [2.05, 4.69) is 38.3 Å². The lowest BCUT2D eigenvalue weighted by atomic mass is 9.62. The quantitative estimate of drug-likeness (QED) is 0.295.